The number of rotatable bonds is 4. The summed E-state index contributed by atoms with van der Waals surface area (Å²) < 4.78 is 3.74. The van der Waals surface area contributed by atoms with Crippen molar-refractivity contribution in [3.05, 3.63) is 78.6 Å². The highest BCUT2D eigenvalue weighted by molar-refractivity contribution is 5.90. The van der Waals surface area contributed by atoms with Gasteiger partial charge in [0.2, 0.25) is 0 Å². The van der Waals surface area contributed by atoms with Crippen LogP contribution in [0.1, 0.15) is 5.56 Å². The lowest BCUT2D eigenvalue weighted by molar-refractivity contribution is 0.687. The van der Waals surface area contributed by atoms with Crippen LogP contribution in [0.3, 0.4) is 0 Å². The van der Waals surface area contributed by atoms with Crippen molar-refractivity contribution < 1.29 is 0 Å². The summed E-state index contributed by atoms with van der Waals surface area (Å²) in [5.41, 5.74) is 6.02. The third-order valence-electron chi connectivity index (χ3n) is 4.63. The van der Waals surface area contributed by atoms with Crippen molar-refractivity contribution in [2.24, 2.45) is 7.05 Å². The number of aryl methyl sites for hydroxylation is 1. The molecule has 132 valence electrons. The van der Waals surface area contributed by atoms with Crippen LogP contribution in [0, 0.1) is 0 Å². The van der Waals surface area contributed by atoms with Gasteiger partial charge in [-0.25, -0.2) is 9.67 Å². The largest absolute Gasteiger partial charge is 0.335 e. The number of hydrogen-bond acceptors (Lipinski definition) is 3. The molecule has 3 heterocycles. The van der Waals surface area contributed by atoms with E-state index < -0.39 is 0 Å². The molecule has 6 heteroatoms. The second kappa shape index (κ2) is 6.25. The van der Waals surface area contributed by atoms with E-state index >= 15 is 0 Å². The highest BCUT2D eigenvalue weighted by Gasteiger charge is 2.16. The summed E-state index contributed by atoms with van der Waals surface area (Å²) in [4.78, 5) is 8.26. The average Bonchev–Trinajstić information content (AvgIpc) is 3.42. The normalized spacial score (nSPS) is 11.3. The minimum absolute atomic E-state index is 0.734. The molecule has 2 aromatic carbocycles. The molecule has 3 aromatic heterocycles. The van der Waals surface area contributed by atoms with Gasteiger partial charge >= 0.3 is 0 Å². The number of hydrogen-bond donors (Lipinski definition) is 1. The standard InChI is InChI=1S/C21H18N6/c1-26-21-19(18(25-26)16-8-3-2-4-9-16)23-20(24-21)17-10-5-7-15(13-17)14-27-12-6-11-22-27/h2-13H,14H2,1H3,(H,23,24). The Bertz CT molecular complexity index is 1200. The van der Waals surface area contributed by atoms with Crippen LogP contribution >= 0.6 is 0 Å². The second-order valence-corrected chi connectivity index (χ2v) is 6.53. The Balaban J connectivity index is 1.56. The first-order valence-corrected chi connectivity index (χ1v) is 8.83. The molecule has 1 N–H and O–H groups in total. The summed E-state index contributed by atoms with van der Waals surface area (Å²) in [6, 6.07) is 20.5. The molecule has 27 heavy (non-hydrogen) atoms. The molecule has 6 nitrogen and oxygen atoms in total. The molecule has 0 amide bonds. The number of aromatic nitrogens is 6. The van der Waals surface area contributed by atoms with Crippen molar-refractivity contribution in [3.8, 4) is 22.6 Å². The Morgan fingerprint density at radius 3 is 2.63 bits per heavy atom. The molecule has 0 spiro atoms. The molecule has 0 fully saturated rings. The first-order chi connectivity index (χ1) is 13.3. The van der Waals surface area contributed by atoms with Crippen molar-refractivity contribution in [1.29, 1.82) is 0 Å². The van der Waals surface area contributed by atoms with Gasteiger partial charge in [0.25, 0.3) is 0 Å². The van der Waals surface area contributed by atoms with E-state index in [1.165, 1.54) is 5.56 Å². The van der Waals surface area contributed by atoms with Crippen LogP contribution < -0.4 is 0 Å². The predicted octanol–water partition coefficient (Wildman–Crippen LogP) is 3.88. The molecule has 0 aliphatic rings. The van der Waals surface area contributed by atoms with Crippen molar-refractivity contribution in [3.63, 3.8) is 0 Å². The number of aromatic amines is 1. The monoisotopic (exact) mass is 354 g/mol. The van der Waals surface area contributed by atoms with Crippen LogP contribution in [-0.2, 0) is 13.6 Å². The lowest BCUT2D eigenvalue weighted by Gasteiger charge is -2.04. The maximum Gasteiger partial charge on any atom is 0.177 e. The molecule has 0 saturated heterocycles. The Labute approximate surface area is 156 Å². The highest BCUT2D eigenvalue weighted by Crippen LogP contribution is 2.29. The van der Waals surface area contributed by atoms with Crippen molar-refractivity contribution in [1.82, 2.24) is 29.5 Å². The van der Waals surface area contributed by atoms with E-state index in [4.69, 9.17) is 4.98 Å². The number of nitrogens with one attached hydrogen (secondary N) is 1. The molecule has 0 aliphatic carbocycles. The molecular weight excluding hydrogens is 336 g/mol. The molecule has 5 aromatic rings. The summed E-state index contributed by atoms with van der Waals surface area (Å²) in [6.07, 6.45) is 3.76. The predicted molar refractivity (Wildman–Crippen MR) is 105 cm³/mol. The minimum Gasteiger partial charge on any atom is -0.335 e. The van der Waals surface area contributed by atoms with Gasteiger partial charge in [0.1, 0.15) is 17.0 Å². The molecule has 0 unspecified atom stereocenters. The van der Waals surface area contributed by atoms with Crippen LogP contribution in [0.15, 0.2) is 73.1 Å². The van der Waals surface area contributed by atoms with E-state index in [1.54, 1.807) is 6.20 Å². The third kappa shape index (κ3) is 2.81. The van der Waals surface area contributed by atoms with E-state index in [2.05, 4.69) is 51.6 Å². The van der Waals surface area contributed by atoms with Crippen LogP contribution in [0.25, 0.3) is 33.8 Å². The van der Waals surface area contributed by atoms with Gasteiger partial charge in [-0.05, 0) is 17.7 Å². The van der Waals surface area contributed by atoms with Gasteiger partial charge in [0, 0.05) is 30.6 Å². The van der Waals surface area contributed by atoms with Crippen LogP contribution in [0.4, 0.5) is 0 Å². The van der Waals surface area contributed by atoms with E-state index in [0.29, 0.717) is 0 Å². The van der Waals surface area contributed by atoms with Crippen LogP contribution in [-0.4, -0.2) is 29.5 Å². The van der Waals surface area contributed by atoms with Gasteiger partial charge in [0.15, 0.2) is 5.65 Å². The highest BCUT2D eigenvalue weighted by atomic mass is 15.3. The van der Waals surface area contributed by atoms with Crippen molar-refractivity contribution in [2.75, 3.05) is 0 Å². The molecule has 0 bridgehead atoms. The average molecular weight is 354 g/mol. The van der Waals surface area contributed by atoms with E-state index in [1.807, 2.05) is 46.9 Å². The summed E-state index contributed by atoms with van der Waals surface area (Å²) in [6.45, 7) is 0.734. The molecule has 0 atom stereocenters. The van der Waals surface area contributed by atoms with Gasteiger partial charge in [-0.15, -0.1) is 0 Å². The Hall–Kier alpha value is -3.67. The lowest BCUT2D eigenvalue weighted by Crippen LogP contribution is -1.99. The Morgan fingerprint density at radius 2 is 1.81 bits per heavy atom. The maximum absolute atomic E-state index is 4.79. The molecular formula is C21H18N6. The van der Waals surface area contributed by atoms with Gasteiger partial charge in [-0.3, -0.25) is 4.68 Å². The zero-order valence-electron chi connectivity index (χ0n) is 14.9. The molecule has 0 saturated carbocycles. The topological polar surface area (TPSA) is 64.3 Å². The number of benzene rings is 2. The molecule has 5 rings (SSSR count). The smallest absolute Gasteiger partial charge is 0.177 e. The summed E-state index contributed by atoms with van der Waals surface area (Å²) >= 11 is 0. The fourth-order valence-electron chi connectivity index (χ4n) is 3.34. The lowest BCUT2D eigenvalue weighted by atomic mass is 10.1. The van der Waals surface area contributed by atoms with Crippen LogP contribution in [0.5, 0.6) is 0 Å². The first kappa shape index (κ1) is 15.6. The van der Waals surface area contributed by atoms with Crippen molar-refractivity contribution in [2.45, 2.75) is 6.54 Å². The summed E-state index contributed by atoms with van der Waals surface area (Å²) in [5.74, 6) is 0.845. The Kier molecular flexibility index (Phi) is 3.60. The summed E-state index contributed by atoms with van der Waals surface area (Å²) in [7, 11) is 1.92. The van der Waals surface area contributed by atoms with E-state index in [9.17, 15) is 0 Å². The van der Waals surface area contributed by atoms with E-state index in [0.717, 1.165) is 40.4 Å². The molecule has 0 radical (unpaired) electrons. The fourth-order valence-corrected chi connectivity index (χ4v) is 3.34. The third-order valence-corrected chi connectivity index (χ3v) is 4.63. The van der Waals surface area contributed by atoms with Crippen LogP contribution in [0.2, 0.25) is 0 Å². The number of nitrogens with zero attached hydrogens (tertiary/aromatic N) is 5. The Morgan fingerprint density at radius 1 is 0.963 bits per heavy atom. The fraction of sp³-hybridized carbons (Fsp3) is 0.0952. The van der Waals surface area contributed by atoms with Crippen molar-refractivity contribution >= 4 is 11.2 Å². The first-order valence-electron chi connectivity index (χ1n) is 8.83. The number of fused-ring (bicyclic) bond motifs is 1. The minimum atomic E-state index is 0.734. The maximum atomic E-state index is 4.79. The number of imidazole rings is 1. The SMILES string of the molecule is Cn1nc(-c2ccccc2)c2[nH]c(-c3cccc(Cn4cccn4)c3)nc21. The molecule has 0 aliphatic heterocycles. The summed E-state index contributed by atoms with van der Waals surface area (Å²) in [5, 5.41) is 8.91. The zero-order valence-corrected chi connectivity index (χ0v) is 14.9. The van der Waals surface area contributed by atoms with E-state index in [-0.39, 0.29) is 0 Å². The van der Waals surface area contributed by atoms with Gasteiger partial charge < -0.3 is 4.98 Å². The van der Waals surface area contributed by atoms with Gasteiger partial charge in [-0.1, -0.05) is 48.5 Å². The van der Waals surface area contributed by atoms with Gasteiger partial charge in [-0.2, -0.15) is 10.2 Å². The second-order valence-electron chi connectivity index (χ2n) is 6.53. The quantitative estimate of drug-likeness (QED) is 0.533. The zero-order chi connectivity index (χ0) is 18.2. The van der Waals surface area contributed by atoms with Gasteiger partial charge in [0.05, 0.1) is 6.54 Å². The number of H-pyrrole nitrogens is 1.